The fraction of sp³-hybridized carbons (Fsp3) is 0.375. The maximum Gasteiger partial charge on any atom is 0.0312 e. The maximum atomic E-state index is 5.43. The summed E-state index contributed by atoms with van der Waals surface area (Å²) in [5.74, 6) is 0. The molecule has 0 aliphatic carbocycles. The Morgan fingerprint density at radius 3 is 2.70 bits per heavy atom. The molecular weight excluding hydrogens is 124 g/mol. The van der Waals surface area contributed by atoms with E-state index in [1.807, 2.05) is 6.20 Å². The van der Waals surface area contributed by atoms with Gasteiger partial charge in [-0.3, -0.25) is 4.98 Å². The van der Waals surface area contributed by atoms with Crippen molar-refractivity contribution in [3.8, 4) is 0 Å². The van der Waals surface area contributed by atoms with Crippen LogP contribution in [0.1, 0.15) is 18.1 Å². The molecule has 2 heteroatoms. The van der Waals surface area contributed by atoms with Gasteiger partial charge in [-0.2, -0.15) is 0 Å². The summed E-state index contributed by atoms with van der Waals surface area (Å²) in [7, 11) is 0. The van der Waals surface area contributed by atoms with E-state index in [0.717, 1.165) is 12.0 Å². The lowest BCUT2D eigenvalue weighted by Crippen LogP contribution is -1.97. The molecule has 0 amide bonds. The number of pyridine rings is 1. The van der Waals surface area contributed by atoms with E-state index in [1.54, 1.807) is 6.20 Å². The van der Waals surface area contributed by atoms with Gasteiger partial charge in [0.15, 0.2) is 0 Å². The molecule has 2 nitrogen and oxygen atoms in total. The van der Waals surface area contributed by atoms with Crippen LogP contribution in [0.3, 0.4) is 0 Å². The Hall–Kier alpha value is -0.890. The molecule has 0 saturated heterocycles. The third-order valence-corrected chi connectivity index (χ3v) is 1.50. The van der Waals surface area contributed by atoms with E-state index in [4.69, 9.17) is 5.73 Å². The van der Waals surface area contributed by atoms with E-state index in [1.165, 1.54) is 5.56 Å². The van der Waals surface area contributed by atoms with Crippen LogP contribution in [0.15, 0.2) is 18.5 Å². The van der Waals surface area contributed by atoms with Gasteiger partial charge >= 0.3 is 0 Å². The molecule has 0 bridgehead atoms. The molecule has 0 unspecified atom stereocenters. The Morgan fingerprint density at radius 1 is 1.40 bits per heavy atom. The third-order valence-electron chi connectivity index (χ3n) is 1.50. The van der Waals surface area contributed by atoms with Gasteiger partial charge in [-0.25, -0.2) is 0 Å². The molecule has 10 heavy (non-hydrogen) atoms. The molecule has 0 spiro atoms. The fourth-order valence-corrected chi connectivity index (χ4v) is 0.846. The van der Waals surface area contributed by atoms with Gasteiger partial charge in [0, 0.05) is 18.9 Å². The normalized spacial score (nSPS) is 9.80. The molecule has 0 fully saturated rings. The summed E-state index contributed by atoms with van der Waals surface area (Å²) in [5, 5.41) is 0. The summed E-state index contributed by atoms with van der Waals surface area (Å²) in [6.07, 6.45) is 4.71. The molecule has 1 aromatic heterocycles. The smallest absolute Gasteiger partial charge is 0.0312 e. The first-order chi connectivity index (χ1) is 4.86. The minimum Gasteiger partial charge on any atom is -0.326 e. The standard InChI is InChI=1S/C8H12N2/c1-2-7-3-8(4-9)6-10-5-7/h3,5-6H,2,4,9H2,1H3. The Labute approximate surface area is 61.1 Å². The Kier molecular flexibility index (Phi) is 2.40. The van der Waals surface area contributed by atoms with Gasteiger partial charge in [0.1, 0.15) is 0 Å². The van der Waals surface area contributed by atoms with E-state index in [0.29, 0.717) is 6.54 Å². The largest absolute Gasteiger partial charge is 0.326 e. The van der Waals surface area contributed by atoms with Crippen LogP contribution in [-0.4, -0.2) is 4.98 Å². The van der Waals surface area contributed by atoms with Crippen LogP contribution in [-0.2, 0) is 13.0 Å². The quantitative estimate of drug-likeness (QED) is 0.661. The number of aromatic nitrogens is 1. The monoisotopic (exact) mass is 136 g/mol. The first-order valence-corrected chi connectivity index (χ1v) is 3.49. The van der Waals surface area contributed by atoms with Gasteiger partial charge in [-0.05, 0) is 17.5 Å². The van der Waals surface area contributed by atoms with Crippen molar-refractivity contribution >= 4 is 0 Å². The molecule has 0 atom stereocenters. The molecule has 0 aliphatic rings. The molecule has 0 saturated carbocycles. The zero-order valence-corrected chi connectivity index (χ0v) is 6.17. The van der Waals surface area contributed by atoms with E-state index in [2.05, 4.69) is 18.0 Å². The Bertz CT molecular complexity index is 189. The van der Waals surface area contributed by atoms with Crippen LogP contribution < -0.4 is 5.73 Å². The van der Waals surface area contributed by atoms with Crippen molar-refractivity contribution in [1.29, 1.82) is 0 Å². The number of rotatable bonds is 2. The van der Waals surface area contributed by atoms with Gasteiger partial charge in [0.25, 0.3) is 0 Å². The van der Waals surface area contributed by atoms with Crippen LogP contribution in [0.25, 0.3) is 0 Å². The molecule has 0 radical (unpaired) electrons. The highest BCUT2D eigenvalue weighted by Gasteiger charge is 1.90. The van der Waals surface area contributed by atoms with Crippen molar-refractivity contribution in [1.82, 2.24) is 4.98 Å². The Balaban J connectivity index is 2.87. The molecule has 1 rings (SSSR count). The Morgan fingerprint density at radius 2 is 2.10 bits per heavy atom. The second kappa shape index (κ2) is 3.32. The summed E-state index contributed by atoms with van der Waals surface area (Å²) in [6.45, 7) is 2.69. The number of nitrogens with two attached hydrogens (primary N) is 1. The molecule has 0 aliphatic heterocycles. The summed E-state index contributed by atoms with van der Waals surface area (Å²) in [5.41, 5.74) is 7.80. The lowest BCUT2D eigenvalue weighted by molar-refractivity contribution is 1.01. The van der Waals surface area contributed by atoms with E-state index < -0.39 is 0 Å². The molecule has 54 valence electrons. The van der Waals surface area contributed by atoms with Crippen molar-refractivity contribution < 1.29 is 0 Å². The van der Waals surface area contributed by atoms with Gasteiger partial charge in [-0.1, -0.05) is 13.0 Å². The predicted molar refractivity (Wildman–Crippen MR) is 41.5 cm³/mol. The average Bonchev–Trinajstić information content (AvgIpc) is 2.05. The fourth-order valence-electron chi connectivity index (χ4n) is 0.846. The first kappa shape index (κ1) is 7.22. The van der Waals surface area contributed by atoms with Gasteiger partial charge in [0.05, 0.1) is 0 Å². The van der Waals surface area contributed by atoms with Crippen molar-refractivity contribution in [2.24, 2.45) is 5.73 Å². The number of hydrogen-bond donors (Lipinski definition) is 1. The van der Waals surface area contributed by atoms with Gasteiger partial charge in [0.2, 0.25) is 0 Å². The van der Waals surface area contributed by atoms with Crippen LogP contribution in [0.4, 0.5) is 0 Å². The molecule has 0 aromatic carbocycles. The van der Waals surface area contributed by atoms with E-state index in [9.17, 15) is 0 Å². The highest BCUT2D eigenvalue weighted by molar-refractivity contribution is 5.17. The lowest BCUT2D eigenvalue weighted by atomic mass is 10.2. The topological polar surface area (TPSA) is 38.9 Å². The van der Waals surface area contributed by atoms with Crippen LogP contribution in [0.5, 0.6) is 0 Å². The van der Waals surface area contributed by atoms with Crippen molar-refractivity contribution in [2.45, 2.75) is 19.9 Å². The maximum absolute atomic E-state index is 5.43. The van der Waals surface area contributed by atoms with Crippen molar-refractivity contribution in [3.63, 3.8) is 0 Å². The number of aryl methyl sites for hydroxylation is 1. The van der Waals surface area contributed by atoms with Crippen LogP contribution in [0.2, 0.25) is 0 Å². The van der Waals surface area contributed by atoms with E-state index >= 15 is 0 Å². The zero-order valence-electron chi connectivity index (χ0n) is 6.17. The number of hydrogen-bond acceptors (Lipinski definition) is 2. The van der Waals surface area contributed by atoms with Gasteiger partial charge in [-0.15, -0.1) is 0 Å². The van der Waals surface area contributed by atoms with Crippen molar-refractivity contribution in [2.75, 3.05) is 0 Å². The van der Waals surface area contributed by atoms with E-state index in [-0.39, 0.29) is 0 Å². The van der Waals surface area contributed by atoms with Gasteiger partial charge < -0.3 is 5.73 Å². The predicted octanol–water partition coefficient (Wildman–Crippen LogP) is 1.10. The number of nitrogens with zero attached hydrogens (tertiary/aromatic N) is 1. The summed E-state index contributed by atoms with van der Waals surface area (Å²) < 4.78 is 0. The van der Waals surface area contributed by atoms with Crippen LogP contribution in [0, 0.1) is 0 Å². The highest BCUT2D eigenvalue weighted by Crippen LogP contribution is 2.01. The average molecular weight is 136 g/mol. The SMILES string of the molecule is CCc1cncc(CN)c1. The lowest BCUT2D eigenvalue weighted by Gasteiger charge is -1.97. The molecule has 1 aromatic rings. The van der Waals surface area contributed by atoms with Crippen LogP contribution >= 0.6 is 0 Å². The minimum atomic E-state index is 0.584. The summed E-state index contributed by atoms with van der Waals surface area (Å²) in [4.78, 5) is 4.05. The molecule has 2 N–H and O–H groups in total. The second-order valence-corrected chi connectivity index (χ2v) is 2.26. The third kappa shape index (κ3) is 1.54. The van der Waals surface area contributed by atoms with Crippen molar-refractivity contribution in [3.05, 3.63) is 29.6 Å². The second-order valence-electron chi connectivity index (χ2n) is 2.26. The molecule has 1 heterocycles. The summed E-state index contributed by atoms with van der Waals surface area (Å²) >= 11 is 0. The zero-order chi connectivity index (χ0) is 7.40. The first-order valence-electron chi connectivity index (χ1n) is 3.49. The highest BCUT2D eigenvalue weighted by atomic mass is 14.6. The minimum absolute atomic E-state index is 0.584. The summed E-state index contributed by atoms with van der Waals surface area (Å²) in [6, 6.07) is 2.09. The molecular formula is C8H12N2.